The summed E-state index contributed by atoms with van der Waals surface area (Å²) in [6, 6.07) is 15.2. The first-order chi connectivity index (χ1) is 12.2. The number of hydrogen-bond acceptors (Lipinski definition) is 2. The number of hydrogen-bond donors (Lipinski definition) is 2. The first kappa shape index (κ1) is 17.0. The van der Waals surface area contributed by atoms with Crippen molar-refractivity contribution < 1.29 is 9.59 Å². The van der Waals surface area contributed by atoms with E-state index in [0.29, 0.717) is 17.8 Å². The van der Waals surface area contributed by atoms with Crippen molar-refractivity contribution in [3.05, 3.63) is 77.9 Å². The van der Waals surface area contributed by atoms with E-state index in [-0.39, 0.29) is 17.7 Å². The molecule has 1 aliphatic carbocycles. The summed E-state index contributed by atoms with van der Waals surface area (Å²) in [6.07, 6.45) is 4.46. The van der Waals surface area contributed by atoms with Crippen molar-refractivity contribution in [1.82, 2.24) is 5.32 Å². The van der Waals surface area contributed by atoms with Crippen LogP contribution in [0.2, 0.25) is 0 Å². The summed E-state index contributed by atoms with van der Waals surface area (Å²) in [4.78, 5) is 25.1. The predicted molar refractivity (Wildman–Crippen MR) is 99.7 cm³/mol. The molecule has 0 radical (unpaired) electrons. The number of fused-ring (bicyclic) bond motifs is 1. The van der Waals surface area contributed by atoms with Crippen LogP contribution in [0.15, 0.2) is 61.2 Å². The van der Waals surface area contributed by atoms with Crippen molar-refractivity contribution in [3.8, 4) is 0 Å². The van der Waals surface area contributed by atoms with Gasteiger partial charge in [-0.15, -0.1) is 6.58 Å². The molecule has 4 nitrogen and oxygen atoms in total. The van der Waals surface area contributed by atoms with E-state index in [1.165, 1.54) is 5.56 Å². The molecule has 4 heteroatoms. The van der Waals surface area contributed by atoms with E-state index in [1.807, 2.05) is 24.3 Å². The largest absolute Gasteiger partial charge is 0.349 e. The summed E-state index contributed by atoms with van der Waals surface area (Å²) < 4.78 is 0. The van der Waals surface area contributed by atoms with Gasteiger partial charge in [-0.3, -0.25) is 9.59 Å². The Bertz CT molecular complexity index is 798. The lowest BCUT2D eigenvalue weighted by atomic mass is 9.82. The quantitative estimate of drug-likeness (QED) is 0.820. The van der Waals surface area contributed by atoms with Crippen LogP contribution in [0.3, 0.4) is 0 Å². The van der Waals surface area contributed by atoms with Crippen LogP contribution in [-0.2, 0) is 11.2 Å². The van der Waals surface area contributed by atoms with Gasteiger partial charge in [0.2, 0.25) is 5.91 Å². The van der Waals surface area contributed by atoms with Crippen molar-refractivity contribution in [2.45, 2.75) is 25.2 Å². The number of para-hydroxylation sites is 1. The topological polar surface area (TPSA) is 58.2 Å². The van der Waals surface area contributed by atoms with E-state index in [0.717, 1.165) is 24.8 Å². The highest BCUT2D eigenvalue weighted by molar-refractivity contribution is 6.05. The van der Waals surface area contributed by atoms with Gasteiger partial charge in [0.05, 0.1) is 17.2 Å². The van der Waals surface area contributed by atoms with Crippen molar-refractivity contribution in [3.63, 3.8) is 0 Å². The molecular weight excluding hydrogens is 312 g/mol. The number of carbonyl (C=O) groups excluding carboxylic acids is 2. The normalized spacial score (nSPS) is 15.8. The van der Waals surface area contributed by atoms with Gasteiger partial charge in [0.15, 0.2) is 0 Å². The van der Waals surface area contributed by atoms with Gasteiger partial charge in [-0.25, -0.2) is 0 Å². The van der Waals surface area contributed by atoms with E-state index in [1.54, 1.807) is 24.3 Å². The number of nitrogens with one attached hydrogen (secondary N) is 2. The van der Waals surface area contributed by atoms with Crippen molar-refractivity contribution in [2.75, 3.05) is 11.9 Å². The number of amides is 2. The molecule has 25 heavy (non-hydrogen) atoms. The van der Waals surface area contributed by atoms with Gasteiger partial charge < -0.3 is 10.6 Å². The molecule has 2 N–H and O–H groups in total. The SMILES string of the molecule is C=CCNC(=O)c1ccccc1NC(=O)C1CCCc2ccccc21. The highest BCUT2D eigenvalue weighted by atomic mass is 16.2. The summed E-state index contributed by atoms with van der Waals surface area (Å²) in [5.41, 5.74) is 3.34. The minimum Gasteiger partial charge on any atom is -0.349 e. The monoisotopic (exact) mass is 334 g/mol. The lowest BCUT2D eigenvalue weighted by molar-refractivity contribution is -0.117. The summed E-state index contributed by atoms with van der Waals surface area (Å²) in [7, 11) is 0. The average Bonchev–Trinajstić information content (AvgIpc) is 2.66. The molecule has 0 bridgehead atoms. The van der Waals surface area contributed by atoms with E-state index < -0.39 is 0 Å². The summed E-state index contributed by atoms with van der Waals surface area (Å²) in [5, 5.41) is 5.70. The first-order valence-corrected chi connectivity index (χ1v) is 8.57. The molecule has 1 unspecified atom stereocenters. The maximum Gasteiger partial charge on any atom is 0.253 e. The van der Waals surface area contributed by atoms with Crippen LogP contribution in [0.1, 0.15) is 40.2 Å². The fraction of sp³-hybridized carbons (Fsp3) is 0.238. The third kappa shape index (κ3) is 3.79. The molecule has 1 atom stereocenters. The number of rotatable bonds is 5. The molecule has 0 heterocycles. The van der Waals surface area contributed by atoms with E-state index in [2.05, 4.69) is 23.3 Å². The van der Waals surface area contributed by atoms with E-state index >= 15 is 0 Å². The molecule has 0 fully saturated rings. The minimum absolute atomic E-state index is 0.0591. The van der Waals surface area contributed by atoms with Crippen molar-refractivity contribution in [1.29, 1.82) is 0 Å². The zero-order valence-corrected chi connectivity index (χ0v) is 14.1. The lowest BCUT2D eigenvalue weighted by Gasteiger charge is -2.25. The number of benzene rings is 2. The van der Waals surface area contributed by atoms with Gasteiger partial charge in [0.1, 0.15) is 0 Å². The maximum absolute atomic E-state index is 12.9. The van der Waals surface area contributed by atoms with Gasteiger partial charge in [-0.05, 0) is 42.5 Å². The number of anilines is 1. The molecule has 2 amide bonds. The zero-order chi connectivity index (χ0) is 17.6. The van der Waals surface area contributed by atoms with Crippen LogP contribution in [0.4, 0.5) is 5.69 Å². The smallest absolute Gasteiger partial charge is 0.253 e. The zero-order valence-electron chi connectivity index (χ0n) is 14.1. The van der Waals surface area contributed by atoms with Crippen LogP contribution in [0.25, 0.3) is 0 Å². The van der Waals surface area contributed by atoms with Gasteiger partial charge in [-0.2, -0.15) is 0 Å². The highest BCUT2D eigenvalue weighted by Gasteiger charge is 2.26. The Hall–Kier alpha value is -2.88. The predicted octanol–water partition coefficient (Wildman–Crippen LogP) is 3.66. The van der Waals surface area contributed by atoms with Gasteiger partial charge in [0, 0.05) is 6.54 Å². The molecule has 0 aliphatic heterocycles. The minimum atomic E-state index is -0.222. The molecule has 2 aromatic carbocycles. The Balaban J connectivity index is 1.81. The van der Waals surface area contributed by atoms with Gasteiger partial charge >= 0.3 is 0 Å². The van der Waals surface area contributed by atoms with Crippen LogP contribution in [0.5, 0.6) is 0 Å². The van der Waals surface area contributed by atoms with Crippen molar-refractivity contribution >= 4 is 17.5 Å². The van der Waals surface area contributed by atoms with E-state index in [9.17, 15) is 9.59 Å². The third-order valence-corrected chi connectivity index (χ3v) is 4.52. The summed E-state index contributed by atoms with van der Waals surface area (Å²) >= 11 is 0. The summed E-state index contributed by atoms with van der Waals surface area (Å²) in [6.45, 7) is 3.98. The summed E-state index contributed by atoms with van der Waals surface area (Å²) in [5.74, 6) is -0.454. The van der Waals surface area contributed by atoms with Crippen LogP contribution in [-0.4, -0.2) is 18.4 Å². The Kier molecular flexibility index (Phi) is 5.29. The Labute approximate surface area is 148 Å². The molecule has 0 spiro atoms. The number of carbonyl (C=O) groups is 2. The second-order valence-electron chi connectivity index (χ2n) is 6.18. The Morgan fingerprint density at radius 2 is 1.88 bits per heavy atom. The van der Waals surface area contributed by atoms with Crippen molar-refractivity contribution in [2.24, 2.45) is 0 Å². The second kappa shape index (κ2) is 7.79. The number of aryl methyl sites for hydroxylation is 1. The molecule has 128 valence electrons. The molecule has 3 rings (SSSR count). The van der Waals surface area contributed by atoms with Crippen LogP contribution in [0, 0.1) is 0 Å². The maximum atomic E-state index is 12.9. The Morgan fingerprint density at radius 1 is 1.12 bits per heavy atom. The second-order valence-corrected chi connectivity index (χ2v) is 6.18. The average molecular weight is 334 g/mol. The fourth-order valence-corrected chi connectivity index (χ4v) is 3.30. The third-order valence-electron chi connectivity index (χ3n) is 4.52. The first-order valence-electron chi connectivity index (χ1n) is 8.57. The molecule has 2 aromatic rings. The highest BCUT2D eigenvalue weighted by Crippen LogP contribution is 2.32. The molecule has 1 aliphatic rings. The van der Waals surface area contributed by atoms with Crippen LogP contribution >= 0.6 is 0 Å². The Morgan fingerprint density at radius 3 is 2.72 bits per heavy atom. The molecule has 0 saturated heterocycles. The molecule has 0 aromatic heterocycles. The molecular formula is C21H22N2O2. The standard InChI is InChI=1S/C21H22N2O2/c1-2-14-22-20(24)18-11-5-6-13-19(18)23-21(25)17-12-7-9-15-8-3-4-10-16(15)17/h2-6,8,10-11,13,17H,1,7,9,12,14H2,(H,22,24)(H,23,25). The van der Waals surface area contributed by atoms with Crippen LogP contribution < -0.4 is 10.6 Å². The lowest BCUT2D eigenvalue weighted by Crippen LogP contribution is -2.28. The van der Waals surface area contributed by atoms with E-state index in [4.69, 9.17) is 0 Å². The molecule has 0 saturated carbocycles. The fourth-order valence-electron chi connectivity index (χ4n) is 3.30. The van der Waals surface area contributed by atoms with Gasteiger partial charge in [-0.1, -0.05) is 42.5 Å². The van der Waals surface area contributed by atoms with Gasteiger partial charge in [0.25, 0.3) is 5.91 Å².